The van der Waals surface area contributed by atoms with Crippen LogP contribution in [0.4, 0.5) is 11.5 Å². The highest BCUT2D eigenvalue weighted by atomic mass is 16.3. The zero-order valence-corrected chi connectivity index (χ0v) is 10.8. The molecule has 0 saturated heterocycles. The molecule has 0 unspecified atom stereocenters. The van der Waals surface area contributed by atoms with Gasteiger partial charge in [0.1, 0.15) is 11.4 Å². The molecule has 0 aliphatic rings. The van der Waals surface area contributed by atoms with Crippen LogP contribution in [0.15, 0.2) is 58.8 Å². The Bertz CT molecular complexity index is 847. The molecule has 21 heavy (non-hydrogen) atoms. The number of nitrogens with zero attached hydrogens (tertiary/aromatic N) is 3. The molecule has 0 radical (unpaired) electrons. The van der Waals surface area contributed by atoms with E-state index in [-0.39, 0.29) is 17.2 Å². The standard InChI is InChI=1S/C15H11N3O3/c19-12-8-14(21)13(20)7-11(12)17-18-15-6-5-9-3-1-2-4-10(9)16-15/h1-8,19-21H. The van der Waals surface area contributed by atoms with Crippen LogP contribution in [0.3, 0.4) is 0 Å². The van der Waals surface area contributed by atoms with Crippen molar-refractivity contribution in [3.8, 4) is 17.2 Å². The lowest BCUT2D eigenvalue weighted by molar-refractivity contribution is 0.397. The van der Waals surface area contributed by atoms with Crippen LogP contribution in [-0.2, 0) is 0 Å². The van der Waals surface area contributed by atoms with Crippen molar-refractivity contribution in [3.05, 3.63) is 48.5 Å². The molecule has 3 aromatic rings. The quantitative estimate of drug-likeness (QED) is 0.378. The summed E-state index contributed by atoms with van der Waals surface area (Å²) in [4.78, 5) is 4.31. The Balaban J connectivity index is 1.96. The summed E-state index contributed by atoms with van der Waals surface area (Å²) in [7, 11) is 0. The van der Waals surface area contributed by atoms with Gasteiger partial charge in [0.15, 0.2) is 17.3 Å². The fraction of sp³-hybridized carbons (Fsp3) is 0. The molecular formula is C15H11N3O3. The minimum atomic E-state index is -0.421. The third-order valence-corrected chi connectivity index (χ3v) is 2.92. The Hall–Kier alpha value is -3.15. The smallest absolute Gasteiger partial charge is 0.174 e. The molecule has 0 atom stereocenters. The number of azo groups is 1. The molecule has 6 heteroatoms. The van der Waals surface area contributed by atoms with Gasteiger partial charge in [-0.05, 0) is 18.2 Å². The Morgan fingerprint density at radius 2 is 1.52 bits per heavy atom. The Labute approximate surface area is 119 Å². The summed E-state index contributed by atoms with van der Waals surface area (Å²) in [5.41, 5.74) is 0.826. The predicted octanol–water partition coefficient (Wildman–Crippen LogP) is 3.77. The largest absolute Gasteiger partial charge is 0.505 e. The molecule has 6 nitrogen and oxygen atoms in total. The lowest BCUT2D eigenvalue weighted by atomic mass is 10.2. The summed E-state index contributed by atoms with van der Waals surface area (Å²) >= 11 is 0. The zero-order valence-electron chi connectivity index (χ0n) is 10.8. The third-order valence-electron chi connectivity index (χ3n) is 2.92. The third kappa shape index (κ3) is 2.59. The average Bonchev–Trinajstić information content (AvgIpc) is 2.49. The molecule has 1 heterocycles. The molecule has 1 aromatic heterocycles. The topological polar surface area (TPSA) is 98.3 Å². The Morgan fingerprint density at radius 3 is 2.38 bits per heavy atom. The maximum Gasteiger partial charge on any atom is 0.174 e. The number of pyridine rings is 1. The molecule has 3 N–H and O–H groups in total. The Morgan fingerprint density at radius 1 is 0.762 bits per heavy atom. The Kier molecular flexibility index (Phi) is 3.12. The lowest BCUT2D eigenvalue weighted by Crippen LogP contribution is -1.77. The van der Waals surface area contributed by atoms with Crippen molar-refractivity contribution in [3.63, 3.8) is 0 Å². The summed E-state index contributed by atoms with van der Waals surface area (Å²) in [6, 6.07) is 13.3. The van der Waals surface area contributed by atoms with Crippen LogP contribution in [0, 0.1) is 0 Å². The molecule has 3 rings (SSSR count). The van der Waals surface area contributed by atoms with Gasteiger partial charge in [-0.2, -0.15) is 0 Å². The number of hydrogen-bond acceptors (Lipinski definition) is 6. The number of phenolic OH excluding ortho intramolecular Hbond substituents is 3. The molecule has 104 valence electrons. The van der Waals surface area contributed by atoms with Gasteiger partial charge in [-0.25, -0.2) is 4.98 Å². The van der Waals surface area contributed by atoms with Gasteiger partial charge in [0.2, 0.25) is 0 Å². The van der Waals surface area contributed by atoms with Gasteiger partial charge in [-0.15, -0.1) is 10.2 Å². The molecule has 0 spiro atoms. The second kappa shape index (κ2) is 5.09. The van der Waals surface area contributed by atoms with E-state index in [4.69, 9.17) is 0 Å². The molecule has 0 bridgehead atoms. The van der Waals surface area contributed by atoms with E-state index in [2.05, 4.69) is 15.2 Å². The molecular weight excluding hydrogens is 270 g/mol. The van der Waals surface area contributed by atoms with E-state index < -0.39 is 5.75 Å². The van der Waals surface area contributed by atoms with Crippen LogP contribution < -0.4 is 0 Å². The average molecular weight is 281 g/mol. The van der Waals surface area contributed by atoms with E-state index in [0.29, 0.717) is 5.82 Å². The first-order chi connectivity index (χ1) is 10.1. The van der Waals surface area contributed by atoms with Crippen LogP contribution in [0.1, 0.15) is 0 Å². The number of rotatable bonds is 2. The summed E-state index contributed by atoms with van der Waals surface area (Å²) in [6.45, 7) is 0. The van der Waals surface area contributed by atoms with Crippen molar-refractivity contribution < 1.29 is 15.3 Å². The summed E-state index contributed by atoms with van der Waals surface area (Å²) in [6.07, 6.45) is 0. The van der Waals surface area contributed by atoms with Gasteiger partial charge in [0.05, 0.1) is 5.52 Å². The van der Waals surface area contributed by atoms with E-state index in [1.165, 1.54) is 0 Å². The van der Waals surface area contributed by atoms with Gasteiger partial charge in [0, 0.05) is 17.5 Å². The number of benzene rings is 2. The SMILES string of the molecule is Oc1cc(O)c(N=Nc2ccc3ccccc3n2)cc1O. The lowest BCUT2D eigenvalue weighted by Gasteiger charge is -2.01. The summed E-state index contributed by atoms with van der Waals surface area (Å²) in [5, 5.41) is 37.0. The maximum absolute atomic E-state index is 9.62. The highest BCUT2D eigenvalue weighted by Gasteiger charge is 2.07. The number of aromatic hydroxyl groups is 3. The first kappa shape index (κ1) is 12.9. The minimum absolute atomic E-state index is 0.0419. The van der Waals surface area contributed by atoms with Crippen LogP contribution in [-0.4, -0.2) is 20.3 Å². The van der Waals surface area contributed by atoms with Crippen molar-refractivity contribution in [1.29, 1.82) is 0 Å². The van der Waals surface area contributed by atoms with Gasteiger partial charge in [-0.3, -0.25) is 0 Å². The van der Waals surface area contributed by atoms with Crippen LogP contribution in [0.2, 0.25) is 0 Å². The summed E-state index contributed by atoms with van der Waals surface area (Å²) in [5.74, 6) is -0.709. The van der Waals surface area contributed by atoms with E-state index >= 15 is 0 Å². The monoisotopic (exact) mass is 281 g/mol. The number of phenols is 3. The van der Waals surface area contributed by atoms with E-state index in [1.54, 1.807) is 6.07 Å². The van der Waals surface area contributed by atoms with Crippen molar-refractivity contribution >= 4 is 22.4 Å². The first-order valence-corrected chi connectivity index (χ1v) is 6.16. The van der Waals surface area contributed by atoms with Crippen LogP contribution in [0.5, 0.6) is 17.2 Å². The van der Waals surface area contributed by atoms with Crippen molar-refractivity contribution in [1.82, 2.24) is 4.98 Å². The number of para-hydroxylation sites is 1. The molecule has 0 saturated carbocycles. The fourth-order valence-corrected chi connectivity index (χ4v) is 1.85. The number of hydrogen-bond donors (Lipinski definition) is 3. The van der Waals surface area contributed by atoms with Crippen LogP contribution >= 0.6 is 0 Å². The highest BCUT2D eigenvalue weighted by molar-refractivity contribution is 5.79. The molecule has 0 aliphatic carbocycles. The molecule has 0 fully saturated rings. The molecule has 0 aliphatic heterocycles. The van der Waals surface area contributed by atoms with E-state index in [0.717, 1.165) is 23.0 Å². The van der Waals surface area contributed by atoms with Crippen LogP contribution in [0.25, 0.3) is 10.9 Å². The second-order valence-corrected chi connectivity index (χ2v) is 4.39. The number of aromatic nitrogens is 1. The van der Waals surface area contributed by atoms with Gasteiger partial charge in [0.25, 0.3) is 0 Å². The molecule has 2 aromatic carbocycles. The van der Waals surface area contributed by atoms with Crippen molar-refractivity contribution in [2.75, 3.05) is 0 Å². The normalized spacial score (nSPS) is 11.2. The zero-order chi connectivity index (χ0) is 14.8. The molecule has 0 amide bonds. The van der Waals surface area contributed by atoms with Gasteiger partial charge < -0.3 is 15.3 Å². The number of fused-ring (bicyclic) bond motifs is 1. The first-order valence-electron chi connectivity index (χ1n) is 6.16. The second-order valence-electron chi connectivity index (χ2n) is 4.39. The van der Waals surface area contributed by atoms with Gasteiger partial charge in [-0.1, -0.05) is 18.2 Å². The van der Waals surface area contributed by atoms with Crippen molar-refractivity contribution in [2.45, 2.75) is 0 Å². The van der Waals surface area contributed by atoms with Crippen molar-refractivity contribution in [2.24, 2.45) is 10.2 Å². The van der Waals surface area contributed by atoms with E-state index in [1.807, 2.05) is 30.3 Å². The van der Waals surface area contributed by atoms with Gasteiger partial charge >= 0.3 is 0 Å². The highest BCUT2D eigenvalue weighted by Crippen LogP contribution is 2.37. The maximum atomic E-state index is 9.62. The summed E-state index contributed by atoms with van der Waals surface area (Å²) < 4.78 is 0. The fourth-order valence-electron chi connectivity index (χ4n) is 1.85. The van der Waals surface area contributed by atoms with E-state index in [9.17, 15) is 15.3 Å². The predicted molar refractivity (Wildman–Crippen MR) is 77.4 cm³/mol. The minimum Gasteiger partial charge on any atom is -0.505 e.